The summed E-state index contributed by atoms with van der Waals surface area (Å²) in [6, 6.07) is 2.72. The number of fused-ring (bicyclic) bond motifs is 2. The number of esters is 1. The van der Waals surface area contributed by atoms with Gasteiger partial charge in [-0.25, -0.2) is 13.2 Å². The Morgan fingerprint density at radius 3 is 2.31 bits per heavy atom. The minimum absolute atomic E-state index is 0.0119. The molecule has 1 unspecified atom stereocenters. The first-order chi connectivity index (χ1) is 18.4. The molecule has 2 N–H and O–H groups in total. The summed E-state index contributed by atoms with van der Waals surface area (Å²) in [6.07, 6.45) is 0.558. The first kappa shape index (κ1) is 27.6. The molecule has 0 saturated carbocycles. The lowest BCUT2D eigenvalue weighted by molar-refractivity contribution is -0.151. The van der Waals surface area contributed by atoms with Crippen LogP contribution in [0.2, 0.25) is 0 Å². The predicted molar refractivity (Wildman–Crippen MR) is 128 cm³/mol. The van der Waals surface area contributed by atoms with Gasteiger partial charge in [0.05, 0.1) is 16.9 Å². The van der Waals surface area contributed by atoms with Gasteiger partial charge in [0.2, 0.25) is 5.91 Å². The summed E-state index contributed by atoms with van der Waals surface area (Å²) in [5.74, 6) is -6.86. The molecule has 1 fully saturated rings. The number of nitrogens with zero attached hydrogens (tertiary/aromatic N) is 2. The number of benzene rings is 1. The largest absolute Gasteiger partial charge is 0.477 e. The van der Waals surface area contributed by atoms with E-state index in [9.17, 15) is 47.1 Å². The van der Waals surface area contributed by atoms with E-state index in [1.54, 1.807) is 0 Å². The number of aldehydes is 1. The number of imide groups is 1. The fraction of sp³-hybridized carbons (Fsp3) is 0.375. The number of aliphatic carboxylic acids is 1. The number of carbonyl (C=O) groups is 7. The van der Waals surface area contributed by atoms with Gasteiger partial charge in [0.25, 0.3) is 17.7 Å². The zero-order valence-corrected chi connectivity index (χ0v) is 21.3. The molecule has 4 amide bonds. The molecule has 1 saturated heterocycles. The van der Waals surface area contributed by atoms with Crippen molar-refractivity contribution in [3.05, 3.63) is 46.7 Å². The molecule has 0 bridgehead atoms. The lowest BCUT2D eigenvalue weighted by Gasteiger charge is -2.49. The number of carboxylic acids is 1. The summed E-state index contributed by atoms with van der Waals surface area (Å²) in [5, 5.41) is 10.2. The van der Waals surface area contributed by atoms with E-state index in [0.29, 0.717) is 16.1 Å². The lowest BCUT2D eigenvalue weighted by atomic mass is 10.0. The molecular weight excluding hydrogens is 538 g/mol. The molecule has 3 heterocycles. The molecule has 3 aliphatic heterocycles. The van der Waals surface area contributed by atoms with Crippen LogP contribution in [-0.4, -0.2) is 95.0 Å². The zero-order valence-electron chi connectivity index (χ0n) is 20.5. The van der Waals surface area contributed by atoms with Gasteiger partial charge in [-0.05, 0) is 25.0 Å². The van der Waals surface area contributed by atoms with E-state index in [4.69, 9.17) is 4.74 Å². The molecule has 39 heavy (non-hydrogen) atoms. The van der Waals surface area contributed by atoms with Gasteiger partial charge in [-0.2, -0.15) is 0 Å². The van der Waals surface area contributed by atoms with Crippen LogP contribution in [0.25, 0.3) is 0 Å². The van der Waals surface area contributed by atoms with Crippen molar-refractivity contribution in [1.82, 2.24) is 15.1 Å². The Labute approximate surface area is 221 Å². The highest BCUT2D eigenvalue weighted by molar-refractivity contribution is 7.92. The van der Waals surface area contributed by atoms with Gasteiger partial charge in [0.1, 0.15) is 30.7 Å². The highest BCUT2D eigenvalue weighted by Gasteiger charge is 2.61. The van der Waals surface area contributed by atoms with Crippen LogP contribution in [0.4, 0.5) is 0 Å². The van der Waals surface area contributed by atoms with Gasteiger partial charge in [-0.3, -0.25) is 33.8 Å². The maximum atomic E-state index is 13.4. The van der Waals surface area contributed by atoms with Crippen LogP contribution in [0, 0.1) is 0 Å². The highest BCUT2D eigenvalue weighted by atomic mass is 32.2. The number of hydrogen-bond donors (Lipinski definition) is 2. The van der Waals surface area contributed by atoms with Gasteiger partial charge in [-0.15, -0.1) is 0 Å². The average molecular weight is 562 g/mol. The third-order valence-electron chi connectivity index (χ3n) is 6.55. The summed E-state index contributed by atoms with van der Waals surface area (Å²) >= 11 is 0. The van der Waals surface area contributed by atoms with Gasteiger partial charge >= 0.3 is 11.9 Å². The molecule has 1 aromatic carbocycles. The Morgan fingerprint density at radius 1 is 1.15 bits per heavy atom. The second kappa shape index (κ2) is 10.4. The minimum Gasteiger partial charge on any atom is -0.477 e. The first-order valence-corrected chi connectivity index (χ1v) is 13.5. The van der Waals surface area contributed by atoms with Crippen LogP contribution in [0.3, 0.4) is 0 Å². The maximum Gasteiger partial charge on any atom is 0.352 e. The molecule has 1 aromatic rings. The smallest absolute Gasteiger partial charge is 0.352 e. The van der Waals surface area contributed by atoms with Crippen LogP contribution >= 0.6 is 0 Å². The second-order valence-corrected chi connectivity index (χ2v) is 11.2. The summed E-state index contributed by atoms with van der Waals surface area (Å²) in [6.45, 7) is 0.379. The molecule has 3 aliphatic rings. The quantitative estimate of drug-likeness (QED) is 0.117. The van der Waals surface area contributed by atoms with E-state index >= 15 is 0 Å². The number of amides is 4. The van der Waals surface area contributed by atoms with Crippen molar-refractivity contribution in [3.8, 4) is 0 Å². The predicted octanol–water partition coefficient (Wildman–Crippen LogP) is -0.996. The summed E-state index contributed by atoms with van der Waals surface area (Å²) < 4.78 is 30.8. The number of β-lactam (4-membered cyclic amide) rings is 1. The van der Waals surface area contributed by atoms with Gasteiger partial charge < -0.3 is 20.0 Å². The van der Waals surface area contributed by atoms with Crippen molar-refractivity contribution in [2.75, 3.05) is 12.4 Å². The Kier molecular flexibility index (Phi) is 7.37. The molecule has 0 spiro atoms. The average Bonchev–Trinajstić information content (AvgIpc) is 3.12. The van der Waals surface area contributed by atoms with Crippen LogP contribution < -0.4 is 5.32 Å². The molecule has 0 radical (unpaired) electrons. The Balaban J connectivity index is 1.62. The van der Waals surface area contributed by atoms with Crippen LogP contribution in [0.15, 0.2) is 35.5 Å². The highest BCUT2D eigenvalue weighted by Crippen LogP contribution is 2.37. The van der Waals surface area contributed by atoms with E-state index in [1.807, 2.05) is 0 Å². The van der Waals surface area contributed by atoms with Crippen LogP contribution in [-0.2, 0) is 38.5 Å². The molecule has 3 atom stereocenters. The van der Waals surface area contributed by atoms with Gasteiger partial charge in [-0.1, -0.05) is 12.1 Å². The standard InChI is InChI=1S/C24H23N3O11S/c1-12(29)38-10-13-11-39(36,37)23-17(22(33)27(23)18(13)24(34)35)25-19(30)16(8-4-5-9-28)26-20(31)14-6-2-3-7-15(14)21(26)32/h2-3,6-7,9,16-17,23H,4-5,8,10-11H2,1H3,(H,25,30)(H,34,35)/t16?,17-,23-/m1/s1. The van der Waals surface area contributed by atoms with E-state index in [1.165, 1.54) is 24.3 Å². The third kappa shape index (κ3) is 4.80. The van der Waals surface area contributed by atoms with E-state index in [-0.39, 0.29) is 36.0 Å². The Morgan fingerprint density at radius 2 is 1.77 bits per heavy atom. The van der Waals surface area contributed by atoms with Crippen molar-refractivity contribution >= 4 is 51.7 Å². The molecule has 0 aromatic heterocycles. The third-order valence-corrected chi connectivity index (χ3v) is 8.52. The van der Waals surface area contributed by atoms with Gasteiger partial charge in [0, 0.05) is 18.9 Å². The second-order valence-electron chi connectivity index (χ2n) is 9.07. The molecular formula is C24H23N3O11S. The van der Waals surface area contributed by atoms with Crippen LogP contribution in [0.1, 0.15) is 46.9 Å². The number of unbranched alkanes of at least 4 members (excludes halogenated alkanes) is 1. The number of rotatable bonds is 10. The molecule has 0 aliphatic carbocycles. The number of carboxylic acid groups (broad SMARTS) is 1. The SMILES string of the molecule is CC(=O)OCC1=C(C(=O)O)N2C(=O)[C@@H](NC(=O)C(CCCC=O)N3C(=O)c4ccccc4C3=O)[C@H]2S(=O)(=O)C1. The Hall–Kier alpha value is -4.40. The molecule has 206 valence electrons. The monoisotopic (exact) mass is 561 g/mol. The van der Waals surface area contributed by atoms with Crippen molar-refractivity contribution < 1.29 is 51.8 Å². The van der Waals surface area contributed by atoms with Crippen molar-refractivity contribution in [3.63, 3.8) is 0 Å². The fourth-order valence-electron chi connectivity index (χ4n) is 4.83. The number of ether oxygens (including phenoxy) is 1. The lowest BCUT2D eigenvalue weighted by Crippen LogP contribution is -2.75. The zero-order chi connectivity index (χ0) is 28.6. The van der Waals surface area contributed by atoms with Crippen molar-refractivity contribution in [2.24, 2.45) is 0 Å². The minimum atomic E-state index is -4.26. The maximum absolute atomic E-state index is 13.4. The number of hydrogen-bond acceptors (Lipinski definition) is 10. The van der Waals surface area contributed by atoms with Gasteiger partial charge in [0.15, 0.2) is 15.2 Å². The van der Waals surface area contributed by atoms with E-state index < -0.39 is 80.9 Å². The number of sulfone groups is 1. The van der Waals surface area contributed by atoms with E-state index in [0.717, 1.165) is 6.92 Å². The van der Waals surface area contributed by atoms with Crippen molar-refractivity contribution in [2.45, 2.75) is 43.6 Å². The molecule has 15 heteroatoms. The normalized spacial score (nSPS) is 22.0. The topological polar surface area (TPSA) is 202 Å². The fourth-order valence-corrected chi connectivity index (χ4v) is 6.84. The number of carbonyl (C=O) groups excluding carboxylic acids is 6. The van der Waals surface area contributed by atoms with Crippen molar-refractivity contribution in [1.29, 1.82) is 0 Å². The first-order valence-electron chi connectivity index (χ1n) is 11.7. The summed E-state index contributed by atoms with van der Waals surface area (Å²) in [4.78, 5) is 87.5. The summed E-state index contributed by atoms with van der Waals surface area (Å²) in [7, 11) is -4.26. The molecule has 14 nitrogen and oxygen atoms in total. The molecule has 4 rings (SSSR count). The van der Waals surface area contributed by atoms with Crippen LogP contribution in [0.5, 0.6) is 0 Å². The summed E-state index contributed by atoms with van der Waals surface area (Å²) in [5.41, 5.74) is -0.861. The van der Waals surface area contributed by atoms with E-state index in [2.05, 4.69) is 5.32 Å². The number of nitrogens with one attached hydrogen (secondary N) is 1. The Bertz CT molecular complexity index is 1410.